The van der Waals surface area contributed by atoms with Crippen LogP contribution in [0.1, 0.15) is 25.5 Å². The first-order valence-corrected chi connectivity index (χ1v) is 8.10. The van der Waals surface area contributed by atoms with Crippen LogP contribution in [0.15, 0.2) is 29.3 Å². The van der Waals surface area contributed by atoms with Crippen molar-refractivity contribution in [3.05, 3.63) is 35.6 Å². The van der Waals surface area contributed by atoms with Gasteiger partial charge in [-0.3, -0.25) is 4.99 Å². The van der Waals surface area contributed by atoms with Crippen LogP contribution in [0.5, 0.6) is 0 Å². The van der Waals surface area contributed by atoms with Crippen molar-refractivity contribution >= 4 is 5.96 Å². The van der Waals surface area contributed by atoms with Gasteiger partial charge in [-0.05, 0) is 45.6 Å². The van der Waals surface area contributed by atoms with Crippen molar-refractivity contribution in [1.82, 2.24) is 15.5 Å². The highest BCUT2D eigenvalue weighted by Gasteiger charge is 2.14. The molecule has 0 heterocycles. The largest absolute Gasteiger partial charge is 0.380 e. The Hall–Kier alpha value is -1.66. The molecule has 0 saturated carbocycles. The van der Waals surface area contributed by atoms with Gasteiger partial charge in [0, 0.05) is 19.7 Å². The lowest BCUT2D eigenvalue weighted by atomic mass is 10.1. The van der Waals surface area contributed by atoms with E-state index in [1.807, 2.05) is 40.1 Å². The van der Waals surface area contributed by atoms with Crippen LogP contribution in [-0.2, 0) is 4.74 Å². The Morgan fingerprint density at radius 3 is 2.48 bits per heavy atom. The summed E-state index contributed by atoms with van der Waals surface area (Å²) in [6.45, 7) is 7.46. The van der Waals surface area contributed by atoms with Crippen LogP contribution in [0.25, 0.3) is 0 Å². The summed E-state index contributed by atoms with van der Waals surface area (Å²) in [5.74, 6) is 0.543. The summed E-state index contributed by atoms with van der Waals surface area (Å²) in [6, 6.07) is 6.69. The Morgan fingerprint density at radius 1 is 1.22 bits per heavy atom. The number of likely N-dealkylation sites (N-methyl/N-ethyl adjacent to an activating group) is 1. The number of halogens is 1. The Labute approximate surface area is 138 Å². The van der Waals surface area contributed by atoms with E-state index in [1.165, 1.54) is 12.1 Å². The third-order valence-corrected chi connectivity index (χ3v) is 3.39. The van der Waals surface area contributed by atoms with Gasteiger partial charge in [0.2, 0.25) is 0 Å². The van der Waals surface area contributed by atoms with Crippen molar-refractivity contribution in [2.45, 2.75) is 19.9 Å². The number of aliphatic imine (C=N–C) groups is 1. The van der Waals surface area contributed by atoms with Gasteiger partial charge in [0.1, 0.15) is 5.82 Å². The molecule has 0 bridgehead atoms. The molecular weight excluding hydrogens is 295 g/mol. The predicted octanol–water partition coefficient (Wildman–Crippen LogP) is 2.02. The quantitative estimate of drug-likeness (QED) is 0.414. The van der Waals surface area contributed by atoms with Crippen LogP contribution in [0.2, 0.25) is 0 Å². The van der Waals surface area contributed by atoms with E-state index < -0.39 is 0 Å². The Bertz CT molecular complexity index is 462. The molecule has 1 rings (SSSR count). The molecule has 1 atom stereocenters. The van der Waals surface area contributed by atoms with Crippen LogP contribution in [0.3, 0.4) is 0 Å². The topological polar surface area (TPSA) is 48.9 Å². The lowest BCUT2D eigenvalue weighted by Crippen LogP contribution is -2.39. The SMILES string of the molecule is CCNC(=NCC(c1ccc(F)cc1)N(C)C)NCCOCC. The highest BCUT2D eigenvalue weighted by atomic mass is 19.1. The van der Waals surface area contributed by atoms with Gasteiger partial charge in [0.25, 0.3) is 0 Å². The number of ether oxygens (including phenoxy) is 1. The molecular formula is C17H29FN4O. The van der Waals surface area contributed by atoms with Crippen molar-refractivity contribution in [3.8, 4) is 0 Å². The van der Waals surface area contributed by atoms with Gasteiger partial charge in [-0.15, -0.1) is 0 Å². The molecule has 0 aliphatic heterocycles. The molecule has 0 aliphatic rings. The first kappa shape index (κ1) is 19.4. The van der Waals surface area contributed by atoms with E-state index in [0.717, 1.165) is 18.1 Å². The second-order valence-electron chi connectivity index (χ2n) is 5.37. The molecule has 1 aromatic rings. The Morgan fingerprint density at radius 2 is 1.91 bits per heavy atom. The summed E-state index contributed by atoms with van der Waals surface area (Å²) in [4.78, 5) is 6.72. The van der Waals surface area contributed by atoms with E-state index in [2.05, 4.69) is 20.5 Å². The second kappa shape index (κ2) is 11.0. The van der Waals surface area contributed by atoms with Gasteiger partial charge in [-0.25, -0.2) is 4.39 Å². The summed E-state index contributed by atoms with van der Waals surface area (Å²) in [5.41, 5.74) is 1.05. The zero-order chi connectivity index (χ0) is 17.1. The van der Waals surface area contributed by atoms with Crippen LogP contribution >= 0.6 is 0 Å². The van der Waals surface area contributed by atoms with E-state index in [1.54, 1.807) is 0 Å². The monoisotopic (exact) mass is 324 g/mol. The molecule has 0 saturated heterocycles. The minimum Gasteiger partial charge on any atom is -0.380 e. The molecule has 0 radical (unpaired) electrons. The van der Waals surface area contributed by atoms with Gasteiger partial charge in [0.05, 0.1) is 19.2 Å². The van der Waals surface area contributed by atoms with E-state index in [4.69, 9.17) is 4.74 Å². The molecule has 1 aromatic carbocycles. The summed E-state index contributed by atoms with van der Waals surface area (Å²) >= 11 is 0. The number of nitrogens with zero attached hydrogens (tertiary/aromatic N) is 2. The van der Waals surface area contributed by atoms with Gasteiger partial charge in [-0.2, -0.15) is 0 Å². The number of benzene rings is 1. The fourth-order valence-corrected chi connectivity index (χ4v) is 2.16. The lowest BCUT2D eigenvalue weighted by molar-refractivity contribution is 0.152. The number of guanidine groups is 1. The molecule has 2 N–H and O–H groups in total. The van der Waals surface area contributed by atoms with Gasteiger partial charge >= 0.3 is 0 Å². The van der Waals surface area contributed by atoms with Crippen LogP contribution in [0.4, 0.5) is 4.39 Å². The zero-order valence-corrected chi connectivity index (χ0v) is 14.6. The zero-order valence-electron chi connectivity index (χ0n) is 14.6. The maximum atomic E-state index is 13.1. The molecule has 5 nitrogen and oxygen atoms in total. The van der Waals surface area contributed by atoms with Crippen molar-refractivity contribution in [3.63, 3.8) is 0 Å². The third kappa shape index (κ3) is 7.43. The predicted molar refractivity (Wildman–Crippen MR) is 93.3 cm³/mol. The second-order valence-corrected chi connectivity index (χ2v) is 5.37. The maximum Gasteiger partial charge on any atom is 0.191 e. The van der Waals surface area contributed by atoms with Gasteiger partial charge in [0.15, 0.2) is 5.96 Å². The summed E-state index contributed by atoms with van der Waals surface area (Å²) in [5, 5.41) is 6.46. The molecule has 0 amide bonds. The van der Waals surface area contributed by atoms with Gasteiger partial charge in [-0.1, -0.05) is 12.1 Å². The summed E-state index contributed by atoms with van der Waals surface area (Å²) in [6.07, 6.45) is 0. The smallest absolute Gasteiger partial charge is 0.191 e. The Kier molecular flexibility index (Phi) is 9.24. The number of hydrogen-bond acceptors (Lipinski definition) is 3. The summed E-state index contributed by atoms with van der Waals surface area (Å²) in [7, 11) is 4.00. The van der Waals surface area contributed by atoms with Gasteiger partial charge < -0.3 is 20.3 Å². The number of rotatable bonds is 9. The number of hydrogen-bond donors (Lipinski definition) is 2. The molecule has 23 heavy (non-hydrogen) atoms. The molecule has 6 heteroatoms. The van der Waals surface area contributed by atoms with E-state index in [9.17, 15) is 4.39 Å². The maximum absolute atomic E-state index is 13.1. The van der Waals surface area contributed by atoms with E-state index >= 15 is 0 Å². The minimum absolute atomic E-state index is 0.0953. The van der Waals surface area contributed by atoms with Crippen molar-refractivity contribution in [2.24, 2.45) is 4.99 Å². The van der Waals surface area contributed by atoms with Crippen molar-refractivity contribution in [1.29, 1.82) is 0 Å². The Balaban J connectivity index is 2.69. The van der Waals surface area contributed by atoms with Crippen LogP contribution in [-0.4, -0.2) is 57.8 Å². The first-order valence-electron chi connectivity index (χ1n) is 8.10. The third-order valence-electron chi connectivity index (χ3n) is 3.39. The summed E-state index contributed by atoms with van der Waals surface area (Å²) < 4.78 is 18.4. The molecule has 0 spiro atoms. The highest BCUT2D eigenvalue weighted by Crippen LogP contribution is 2.18. The molecule has 1 unspecified atom stereocenters. The number of nitrogens with one attached hydrogen (secondary N) is 2. The first-order chi connectivity index (χ1) is 11.1. The van der Waals surface area contributed by atoms with E-state index in [0.29, 0.717) is 26.3 Å². The molecule has 0 aromatic heterocycles. The fraction of sp³-hybridized carbons (Fsp3) is 0.588. The normalized spacial score (nSPS) is 13.2. The van der Waals surface area contributed by atoms with E-state index in [-0.39, 0.29) is 11.9 Å². The van der Waals surface area contributed by atoms with Crippen LogP contribution in [0, 0.1) is 5.82 Å². The molecule has 130 valence electrons. The fourth-order valence-electron chi connectivity index (χ4n) is 2.16. The standard InChI is InChI=1S/C17H29FN4O/c1-5-19-17(20-11-12-23-6-2)21-13-16(22(3)4)14-7-9-15(18)10-8-14/h7-10,16H,5-6,11-13H2,1-4H3,(H2,19,20,21). The average Bonchev–Trinajstić information content (AvgIpc) is 2.53. The average molecular weight is 324 g/mol. The lowest BCUT2D eigenvalue weighted by Gasteiger charge is -2.23. The molecule has 0 aliphatic carbocycles. The van der Waals surface area contributed by atoms with Crippen molar-refractivity contribution < 1.29 is 9.13 Å². The van der Waals surface area contributed by atoms with Crippen LogP contribution < -0.4 is 10.6 Å². The highest BCUT2D eigenvalue weighted by molar-refractivity contribution is 5.79. The molecule has 0 fully saturated rings. The van der Waals surface area contributed by atoms with Crippen molar-refractivity contribution in [2.75, 3.05) is 46.9 Å². The minimum atomic E-state index is -0.222.